The Morgan fingerprint density at radius 3 is 2.53 bits per heavy atom. The fourth-order valence-corrected chi connectivity index (χ4v) is 3.43. The van der Waals surface area contributed by atoms with Gasteiger partial charge in [-0.3, -0.25) is 0 Å². The number of hydrogen-bond acceptors (Lipinski definition) is 1. The van der Waals surface area contributed by atoms with Crippen LogP contribution in [0.25, 0.3) is 0 Å². The van der Waals surface area contributed by atoms with Crippen molar-refractivity contribution in [3.8, 4) is 0 Å². The number of piperidine rings is 1. The van der Waals surface area contributed by atoms with Crippen molar-refractivity contribution >= 4 is 17.3 Å². The van der Waals surface area contributed by atoms with Gasteiger partial charge in [0.05, 0.1) is 0 Å². The molecule has 0 radical (unpaired) electrons. The maximum atomic E-state index is 5.57. The predicted molar refractivity (Wildman–Crippen MR) is 77.2 cm³/mol. The van der Waals surface area contributed by atoms with E-state index in [1.165, 1.54) is 44.9 Å². The first-order valence-corrected chi connectivity index (χ1v) is 7.53. The van der Waals surface area contributed by atoms with Crippen LogP contribution in [0.2, 0.25) is 0 Å². The fraction of sp³-hybridized carbons (Fsp3) is 0.929. The molecule has 0 bridgehead atoms. The Balaban J connectivity index is 1.82. The number of thiocarbonyl (C=S) groups is 1. The highest BCUT2D eigenvalue weighted by Gasteiger charge is 2.28. The molecule has 98 valence electrons. The minimum absolute atomic E-state index is 0.427. The zero-order valence-corrected chi connectivity index (χ0v) is 12.1. The second kappa shape index (κ2) is 5.55. The summed E-state index contributed by atoms with van der Waals surface area (Å²) in [5, 5.41) is 4.59. The molecule has 0 unspecified atom stereocenters. The molecule has 0 amide bonds. The molecule has 0 spiro atoms. The Labute approximate surface area is 111 Å². The Bertz CT molecular complexity index is 269. The summed E-state index contributed by atoms with van der Waals surface area (Å²) in [5.41, 5.74) is 0.427. The molecule has 2 fully saturated rings. The smallest absolute Gasteiger partial charge is 0.169 e. The Morgan fingerprint density at radius 2 is 1.88 bits per heavy atom. The van der Waals surface area contributed by atoms with Gasteiger partial charge >= 0.3 is 0 Å². The molecular weight excluding hydrogens is 228 g/mol. The molecule has 2 aliphatic rings. The average molecular weight is 254 g/mol. The van der Waals surface area contributed by atoms with Gasteiger partial charge in [-0.15, -0.1) is 0 Å². The third-order valence-corrected chi connectivity index (χ3v) is 4.50. The molecule has 1 saturated carbocycles. The lowest BCUT2D eigenvalue weighted by Gasteiger charge is -2.40. The Morgan fingerprint density at radius 1 is 1.18 bits per heavy atom. The first kappa shape index (κ1) is 13.1. The Kier molecular flexibility index (Phi) is 4.29. The zero-order valence-electron chi connectivity index (χ0n) is 11.3. The molecule has 1 aliphatic heterocycles. The molecule has 2 nitrogen and oxygen atoms in total. The van der Waals surface area contributed by atoms with Crippen molar-refractivity contribution in [3.05, 3.63) is 0 Å². The van der Waals surface area contributed by atoms with Gasteiger partial charge in [0.15, 0.2) is 5.11 Å². The first-order chi connectivity index (χ1) is 8.07. The van der Waals surface area contributed by atoms with Gasteiger partial charge in [-0.25, -0.2) is 0 Å². The highest BCUT2D eigenvalue weighted by Crippen LogP contribution is 2.28. The third-order valence-electron chi connectivity index (χ3n) is 4.12. The minimum Gasteiger partial charge on any atom is -0.360 e. The van der Waals surface area contributed by atoms with Crippen LogP contribution in [0.5, 0.6) is 0 Å². The Hall–Kier alpha value is -0.310. The van der Waals surface area contributed by atoms with E-state index in [1.54, 1.807) is 0 Å². The van der Waals surface area contributed by atoms with Gasteiger partial charge in [-0.2, -0.15) is 0 Å². The van der Waals surface area contributed by atoms with Gasteiger partial charge in [0.25, 0.3) is 0 Å². The largest absolute Gasteiger partial charge is 0.360 e. The van der Waals surface area contributed by atoms with Crippen LogP contribution < -0.4 is 5.32 Å². The lowest BCUT2D eigenvalue weighted by Crippen LogP contribution is -2.50. The van der Waals surface area contributed by atoms with Gasteiger partial charge in [-0.1, -0.05) is 33.1 Å². The molecule has 17 heavy (non-hydrogen) atoms. The van der Waals surface area contributed by atoms with Crippen molar-refractivity contribution in [1.29, 1.82) is 0 Å². The summed E-state index contributed by atoms with van der Waals surface area (Å²) >= 11 is 5.57. The maximum absolute atomic E-state index is 5.57. The van der Waals surface area contributed by atoms with E-state index in [9.17, 15) is 0 Å². The van der Waals surface area contributed by atoms with Crippen LogP contribution in [-0.2, 0) is 0 Å². The molecule has 2 rings (SSSR count). The van der Waals surface area contributed by atoms with Crippen molar-refractivity contribution < 1.29 is 0 Å². The molecule has 1 N–H and O–H groups in total. The summed E-state index contributed by atoms with van der Waals surface area (Å²) in [6.07, 6.45) is 9.35. The van der Waals surface area contributed by atoms with Crippen LogP contribution in [-0.4, -0.2) is 29.1 Å². The molecule has 0 aromatic rings. The molecule has 3 heteroatoms. The van der Waals surface area contributed by atoms with Crippen molar-refractivity contribution in [2.45, 2.75) is 64.8 Å². The van der Waals surface area contributed by atoms with Crippen molar-refractivity contribution in [2.24, 2.45) is 5.41 Å². The average Bonchev–Trinajstić information content (AvgIpc) is 2.29. The van der Waals surface area contributed by atoms with Crippen molar-refractivity contribution in [2.75, 3.05) is 13.1 Å². The number of rotatable bonds is 1. The highest BCUT2D eigenvalue weighted by molar-refractivity contribution is 7.80. The monoisotopic (exact) mass is 254 g/mol. The van der Waals surface area contributed by atoms with Gasteiger partial charge in [-0.05, 0) is 43.3 Å². The molecule has 1 aliphatic carbocycles. The summed E-state index contributed by atoms with van der Waals surface area (Å²) in [4.78, 5) is 2.38. The van der Waals surface area contributed by atoms with Crippen LogP contribution >= 0.6 is 12.2 Å². The number of nitrogens with one attached hydrogen (secondary N) is 1. The van der Waals surface area contributed by atoms with E-state index in [1.807, 2.05) is 0 Å². The fourth-order valence-electron chi connectivity index (χ4n) is 3.11. The molecule has 0 atom stereocenters. The van der Waals surface area contributed by atoms with Crippen LogP contribution in [0.1, 0.15) is 58.8 Å². The number of nitrogens with zero attached hydrogens (tertiary/aromatic N) is 1. The van der Waals surface area contributed by atoms with Crippen molar-refractivity contribution in [1.82, 2.24) is 10.2 Å². The van der Waals surface area contributed by atoms with E-state index >= 15 is 0 Å². The lowest BCUT2D eigenvalue weighted by molar-refractivity contribution is 0.175. The van der Waals surface area contributed by atoms with E-state index in [0.717, 1.165) is 18.2 Å². The van der Waals surface area contributed by atoms with Crippen LogP contribution in [0.4, 0.5) is 0 Å². The van der Waals surface area contributed by atoms with Crippen molar-refractivity contribution in [3.63, 3.8) is 0 Å². The zero-order chi connectivity index (χ0) is 12.3. The molecule has 1 saturated heterocycles. The predicted octanol–water partition coefficient (Wildman–Crippen LogP) is 3.32. The second-order valence-electron chi connectivity index (χ2n) is 6.47. The van der Waals surface area contributed by atoms with Gasteiger partial charge in [0.1, 0.15) is 0 Å². The normalized spacial score (nSPS) is 25.6. The van der Waals surface area contributed by atoms with Gasteiger partial charge in [0.2, 0.25) is 0 Å². The van der Waals surface area contributed by atoms with Gasteiger partial charge < -0.3 is 10.2 Å². The summed E-state index contributed by atoms with van der Waals surface area (Å²) in [7, 11) is 0. The highest BCUT2D eigenvalue weighted by atomic mass is 32.1. The summed E-state index contributed by atoms with van der Waals surface area (Å²) in [6, 6.07) is 0.640. The van der Waals surface area contributed by atoms with Crippen LogP contribution in [0.15, 0.2) is 0 Å². The maximum Gasteiger partial charge on any atom is 0.169 e. The van der Waals surface area contributed by atoms with Crippen LogP contribution in [0, 0.1) is 5.41 Å². The first-order valence-electron chi connectivity index (χ1n) is 7.12. The lowest BCUT2D eigenvalue weighted by atomic mass is 9.84. The van der Waals surface area contributed by atoms with E-state index in [-0.39, 0.29) is 0 Å². The van der Waals surface area contributed by atoms with Gasteiger partial charge in [0, 0.05) is 19.1 Å². The van der Waals surface area contributed by atoms with Crippen LogP contribution in [0.3, 0.4) is 0 Å². The topological polar surface area (TPSA) is 15.3 Å². The molecular formula is C14H26N2S. The molecule has 1 heterocycles. The van der Waals surface area contributed by atoms with E-state index in [0.29, 0.717) is 11.5 Å². The quantitative estimate of drug-likeness (QED) is 0.723. The standard InChI is InChI=1S/C14H26N2S/c1-14(2)9-6-10-16(11-14)13(17)15-12-7-4-3-5-8-12/h12H,3-11H2,1-2H3,(H,15,17). The summed E-state index contributed by atoms with van der Waals surface area (Å²) in [6.45, 7) is 6.96. The van der Waals surface area contributed by atoms with E-state index in [4.69, 9.17) is 12.2 Å². The third kappa shape index (κ3) is 3.84. The molecule has 0 aromatic carbocycles. The summed E-state index contributed by atoms with van der Waals surface area (Å²) in [5.74, 6) is 0. The molecule has 0 aromatic heterocycles. The number of likely N-dealkylation sites (tertiary alicyclic amines) is 1. The minimum atomic E-state index is 0.427. The summed E-state index contributed by atoms with van der Waals surface area (Å²) < 4.78 is 0. The second-order valence-corrected chi connectivity index (χ2v) is 6.86. The SMILES string of the molecule is CC1(C)CCCN(C(=S)NC2CCCCC2)C1. The van der Waals surface area contributed by atoms with E-state index < -0.39 is 0 Å². The van der Waals surface area contributed by atoms with E-state index in [2.05, 4.69) is 24.1 Å². The number of hydrogen-bond donors (Lipinski definition) is 1.